The molecule has 0 saturated heterocycles. The summed E-state index contributed by atoms with van der Waals surface area (Å²) in [6.07, 6.45) is -0.0598. The molecule has 92 valence electrons. The number of aldehydes is 1. The van der Waals surface area contributed by atoms with Crippen LogP contribution < -0.4 is 4.74 Å². The maximum absolute atomic E-state index is 11.2. The molecular weight excluding hydrogens is 288 g/mol. The Hall–Kier alpha value is -1.36. The van der Waals surface area contributed by atoms with Crippen molar-refractivity contribution in [1.29, 1.82) is 0 Å². The van der Waals surface area contributed by atoms with Crippen molar-refractivity contribution >= 4 is 28.2 Å². The standard InChI is InChI=1S/C12H13BrO4/c1-7-4-10(13)5-9(6-14)11(7)17-8(2)12(15)16-3/h4-6,8H,1-3H3. The first-order valence-corrected chi connectivity index (χ1v) is 5.78. The molecule has 1 aromatic carbocycles. The smallest absolute Gasteiger partial charge is 0.346 e. The molecule has 0 radical (unpaired) electrons. The maximum Gasteiger partial charge on any atom is 0.346 e. The number of rotatable bonds is 4. The summed E-state index contributed by atoms with van der Waals surface area (Å²) in [5.41, 5.74) is 1.17. The van der Waals surface area contributed by atoms with E-state index in [1.807, 2.05) is 6.07 Å². The quantitative estimate of drug-likeness (QED) is 0.633. The molecule has 4 nitrogen and oxygen atoms in total. The van der Waals surface area contributed by atoms with Gasteiger partial charge in [0.1, 0.15) is 5.75 Å². The lowest BCUT2D eigenvalue weighted by molar-refractivity contribution is -0.147. The first-order chi connectivity index (χ1) is 7.99. The molecule has 1 rings (SSSR count). The Morgan fingerprint density at radius 1 is 1.47 bits per heavy atom. The van der Waals surface area contributed by atoms with Crippen molar-refractivity contribution in [2.45, 2.75) is 20.0 Å². The van der Waals surface area contributed by atoms with Gasteiger partial charge in [0.05, 0.1) is 12.7 Å². The third kappa shape index (κ3) is 3.30. The van der Waals surface area contributed by atoms with E-state index in [1.54, 1.807) is 19.9 Å². The van der Waals surface area contributed by atoms with E-state index >= 15 is 0 Å². The maximum atomic E-state index is 11.2. The Labute approximate surface area is 108 Å². The van der Waals surface area contributed by atoms with E-state index in [0.717, 1.165) is 10.0 Å². The molecule has 5 heteroatoms. The minimum absolute atomic E-state index is 0.396. The summed E-state index contributed by atoms with van der Waals surface area (Å²) in [6, 6.07) is 3.45. The Morgan fingerprint density at radius 2 is 2.12 bits per heavy atom. The fourth-order valence-electron chi connectivity index (χ4n) is 1.40. The predicted molar refractivity (Wildman–Crippen MR) is 66.4 cm³/mol. The van der Waals surface area contributed by atoms with Crippen molar-refractivity contribution in [3.63, 3.8) is 0 Å². The van der Waals surface area contributed by atoms with Crippen LogP contribution >= 0.6 is 15.9 Å². The van der Waals surface area contributed by atoms with Gasteiger partial charge in [0.2, 0.25) is 0 Å². The number of carbonyl (C=O) groups excluding carboxylic acids is 2. The monoisotopic (exact) mass is 300 g/mol. The lowest BCUT2D eigenvalue weighted by atomic mass is 10.1. The number of ether oxygens (including phenoxy) is 2. The molecule has 1 unspecified atom stereocenters. The number of esters is 1. The summed E-state index contributed by atoms with van der Waals surface area (Å²) in [7, 11) is 1.29. The van der Waals surface area contributed by atoms with Gasteiger partial charge in [-0.3, -0.25) is 4.79 Å². The van der Waals surface area contributed by atoms with Crippen molar-refractivity contribution in [1.82, 2.24) is 0 Å². The van der Waals surface area contributed by atoms with Crippen LogP contribution in [0.5, 0.6) is 5.75 Å². The van der Waals surface area contributed by atoms with Crippen molar-refractivity contribution in [3.05, 3.63) is 27.7 Å². The second kappa shape index (κ2) is 5.82. The first kappa shape index (κ1) is 13.7. The van der Waals surface area contributed by atoms with Gasteiger partial charge in [-0.15, -0.1) is 0 Å². The second-order valence-electron chi connectivity index (χ2n) is 3.54. The molecule has 0 saturated carbocycles. The minimum atomic E-state index is -0.751. The number of carbonyl (C=O) groups is 2. The molecule has 0 aliphatic rings. The molecule has 0 amide bonds. The van der Waals surface area contributed by atoms with Crippen LogP contribution in [0.2, 0.25) is 0 Å². The average molecular weight is 301 g/mol. The summed E-state index contributed by atoms with van der Waals surface area (Å²) in [4.78, 5) is 22.2. The zero-order chi connectivity index (χ0) is 13.0. The number of aryl methyl sites for hydroxylation is 1. The molecular formula is C12H13BrO4. The largest absolute Gasteiger partial charge is 0.478 e. The highest BCUT2D eigenvalue weighted by atomic mass is 79.9. The van der Waals surface area contributed by atoms with Gasteiger partial charge >= 0.3 is 5.97 Å². The molecule has 0 bridgehead atoms. The van der Waals surface area contributed by atoms with Gasteiger partial charge in [0, 0.05) is 4.47 Å². The topological polar surface area (TPSA) is 52.6 Å². The molecule has 0 aliphatic heterocycles. The van der Waals surface area contributed by atoms with Crippen LogP contribution in [0.25, 0.3) is 0 Å². The van der Waals surface area contributed by atoms with Gasteiger partial charge in [-0.25, -0.2) is 4.79 Å². The minimum Gasteiger partial charge on any atom is -0.478 e. The van der Waals surface area contributed by atoms with Crippen LogP contribution in [-0.2, 0) is 9.53 Å². The van der Waals surface area contributed by atoms with E-state index in [4.69, 9.17) is 4.74 Å². The van der Waals surface area contributed by atoms with Crippen LogP contribution in [0, 0.1) is 6.92 Å². The van der Waals surface area contributed by atoms with Crippen LogP contribution in [0.1, 0.15) is 22.8 Å². The number of benzene rings is 1. The van der Waals surface area contributed by atoms with E-state index in [-0.39, 0.29) is 0 Å². The third-order valence-electron chi connectivity index (χ3n) is 2.22. The first-order valence-electron chi connectivity index (χ1n) is 4.99. The summed E-state index contributed by atoms with van der Waals surface area (Å²) in [6.45, 7) is 3.37. The summed E-state index contributed by atoms with van der Waals surface area (Å²) < 4.78 is 10.8. The zero-order valence-corrected chi connectivity index (χ0v) is 11.4. The fourth-order valence-corrected chi connectivity index (χ4v) is 1.99. The predicted octanol–water partition coefficient (Wildman–Crippen LogP) is 2.51. The molecule has 0 N–H and O–H groups in total. The molecule has 1 aromatic rings. The third-order valence-corrected chi connectivity index (χ3v) is 2.68. The van der Waals surface area contributed by atoms with E-state index in [1.165, 1.54) is 7.11 Å². The normalized spacial score (nSPS) is 11.8. The van der Waals surface area contributed by atoms with E-state index in [0.29, 0.717) is 17.6 Å². The molecule has 1 atom stereocenters. The van der Waals surface area contributed by atoms with Gasteiger partial charge in [-0.1, -0.05) is 15.9 Å². The molecule has 0 fully saturated rings. The number of halogens is 1. The lowest BCUT2D eigenvalue weighted by Gasteiger charge is -2.16. The van der Waals surface area contributed by atoms with Crippen LogP contribution in [0.15, 0.2) is 16.6 Å². The number of hydrogen-bond donors (Lipinski definition) is 0. The highest BCUT2D eigenvalue weighted by Crippen LogP contribution is 2.27. The van der Waals surface area contributed by atoms with Crippen LogP contribution in [-0.4, -0.2) is 25.5 Å². The second-order valence-corrected chi connectivity index (χ2v) is 4.46. The van der Waals surface area contributed by atoms with Gasteiger partial charge < -0.3 is 9.47 Å². The summed E-state index contributed by atoms with van der Waals surface area (Å²) in [5.74, 6) is -0.0785. The van der Waals surface area contributed by atoms with E-state index in [9.17, 15) is 9.59 Å². The average Bonchev–Trinajstić information content (AvgIpc) is 2.30. The van der Waals surface area contributed by atoms with Gasteiger partial charge in [-0.05, 0) is 31.5 Å². The van der Waals surface area contributed by atoms with Gasteiger partial charge in [0.25, 0.3) is 0 Å². The van der Waals surface area contributed by atoms with Gasteiger partial charge in [-0.2, -0.15) is 0 Å². The van der Waals surface area contributed by atoms with Crippen LogP contribution in [0.4, 0.5) is 0 Å². The SMILES string of the molecule is COC(=O)C(C)Oc1c(C)cc(Br)cc1C=O. The van der Waals surface area contributed by atoms with Crippen molar-refractivity contribution in [2.75, 3.05) is 7.11 Å². The summed E-state index contributed by atoms with van der Waals surface area (Å²) >= 11 is 3.29. The van der Waals surface area contributed by atoms with Gasteiger partial charge in [0.15, 0.2) is 12.4 Å². The Morgan fingerprint density at radius 3 is 2.65 bits per heavy atom. The molecule has 0 spiro atoms. The molecule has 17 heavy (non-hydrogen) atoms. The number of hydrogen-bond acceptors (Lipinski definition) is 4. The molecule has 0 heterocycles. The van der Waals surface area contributed by atoms with Crippen molar-refractivity contribution in [3.8, 4) is 5.75 Å². The van der Waals surface area contributed by atoms with Crippen molar-refractivity contribution < 1.29 is 19.1 Å². The summed E-state index contributed by atoms with van der Waals surface area (Å²) in [5, 5.41) is 0. The molecule has 0 aliphatic carbocycles. The fraction of sp³-hybridized carbons (Fsp3) is 0.333. The Kier molecular flexibility index (Phi) is 4.69. The highest BCUT2D eigenvalue weighted by Gasteiger charge is 2.18. The van der Waals surface area contributed by atoms with E-state index < -0.39 is 12.1 Å². The lowest BCUT2D eigenvalue weighted by Crippen LogP contribution is -2.25. The number of methoxy groups -OCH3 is 1. The van der Waals surface area contributed by atoms with Crippen LogP contribution in [0.3, 0.4) is 0 Å². The Bertz CT molecular complexity index is 442. The zero-order valence-electron chi connectivity index (χ0n) is 9.82. The Balaban J connectivity index is 3.05. The van der Waals surface area contributed by atoms with E-state index in [2.05, 4.69) is 20.7 Å². The van der Waals surface area contributed by atoms with Crippen molar-refractivity contribution in [2.24, 2.45) is 0 Å². The molecule has 0 aromatic heterocycles. The highest BCUT2D eigenvalue weighted by molar-refractivity contribution is 9.10.